The number of hydrogen-bond donors (Lipinski definition) is 0. The Labute approximate surface area is 151 Å². The SMILES string of the molecule is Clc1cccc(CSc2nnc(C34CC5CC(CC(C5)C3)C4)o2)c1. The van der Waals surface area contributed by atoms with Crippen molar-refractivity contribution in [2.24, 2.45) is 17.8 Å². The molecule has 4 bridgehead atoms. The molecule has 24 heavy (non-hydrogen) atoms. The van der Waals surface area contributed by atoms with E-state index in [-0.39, 0.29) is 5.41 Å². The van der Waals surface area contributed by atoms with Crippen LogP contribution in [0.3, 0.4) is 0 Å². The molecule has 3 nitrogen and oxygen atoms in total. The minimum absolute atomic E-state index is 0.191. The van der Waals surface area contributed by atoms with E-state index in [1.165, 1.54) is 44.1 Å². The number of halogens is 1. The molecular formula is C19H21ClN2OS. The molecule has 6 rings (SSSR count). The van der Waals surface area contributed by atoms with Crippen LogP contribution >= 0.6 is 23.4 Å². The van der Waals surface area contributed by atoms with Crippen LogP contribution in [0.4, 0.5) is 0 Å². The van der Waals surface area contributed by atoms with Gasteiger partial charge in [-0.15, -0.1) is 10.2 Å². The molecular weight excluding hydrogens is 340 g/mol. The topological polar surface area (TPSA) is 38.9 Å². The largest absolute Gasteiger partial charge is 0.415 e. The highest BCUT2D eigenvalue weighted by atomic mass is 35.5. The molecule has 126 valence electrons. The lowest BCUT2D eigenvalue weighted by molar-refractivity contribution is -0.0191. The first kappa shape index (κ1) is 15.3. The third kappa shape index (κ3) is 2.68. The molecule has 0 amide bonds. The predicted octanol–water partition coefficient (Wildman–Crippen LogP) is 5.48. The Kier molecular flexibility index (Phi) is 3.67. The fourth-order valence-electron chi connectivity index (χ4n) is 5.63. The van der Waals surface area contributed by atoms with E-state index in [0.29, 0.717) is 5.22 Å². The molecule has 0 unspecified atom stereocenters. The van der Waals surface area contributed by atoms with Crippen LogP contribution in [0.5, 0.6) is 0 Å². The molecule has 1 heterocycles. The zero-order valence-corrected chi connectivity index (χ0v) is 15.2. The Balaban J connectivity index is 1.32. The van der Waals surface area contributed by atoms with E-state index < -0.39 is 0 Å². The molecule has 4 aliphatic carbocycles. The van der Waals surface area contributed by atoms with Crippen LogP contribution in [0.15, 0.2) is 33.9 Å². The maximum absolute atomic E-state index is 6.13. The molecule has 0 N–H and O–H groups in total. The third-order valence-corrected chi connectivity index (χ3v) is 7.27. The molecule has 2 aromatic rings. The molecule has 0 aliphatic heterocycles. The monoisotopic (exact) mass is 360 g/mol. The van der Waals surface area contributed by atoms with Crippen LogP contribution in [0, 0.1) is 17.8 Å². The molecule has 4 aliphatic rings. The first-order chi connectivity index (χ1) is 11.7. The summed E-state index contributed by atoms with van der Waals surface area (Å²) in [7, 11) is 0. The van der Waals surface area contributed by atoms with Gasteiger partial charge in [0.25, 0.3) is 5.22 Å². The average molecular weight is 361 g/mol. The summed E-state index contributed by atoms with van der Waals surface area (Å²) in [5.41, 5.74) is 1.37. The second-order valence-corrected chi connectivity index (χ2v) is 9.35. The second-order valence-electron chi connectivity index (χ2n) is 7.99. The first-order valence-corrected chi connectivity index (χ1v) is 10.3. The van der Waals surface area contributed by atoms with Crippen LogP contribution in [0.2, 0.25) is 5.02 Å². The van der Waals surface area contributed by atoms with E-state index in [1.54, 1.807) is 11.8 Å². The van der Waals surface area contributed by atoms with Crippen LogP contribution in [0.25, 0.3) is 0 Å². The van der Waals surface area contributed by atoms with Crippen LogP contribution in [-0.4, -0.2) is 10.2 Å². The molecule has 1 aromatic heterocycles. The van der Waals surface area contributed by atoms with Crippen molar-refractivity contribution in [3.63, 3.8) is 0 Å². The summed E-state index contributed by atoms with van der Waals surface area (Å²) >= 11 is 7.65. The minimum atomic E-state index is 0.191. The van der Waals surface area contributed by atoms with Gasteiger partial charge in [-0.3, -0.25) is 0 Å². The van der Waals surface area contributed by atoms with Crippen molar-refractivity contribution in [3.05, 3.63) is 40.7 Å². The summed E-state index contributed by atoms with van der Waals surface area (Å²) in [6.07, 6.45) is 8.09. The lowest BCUT2D eigenvalue weighted by atomic mass is 9.49. The van der Waals surface area contributed by atoms with Gasteiger partial charge in [0.05, 0.1) is 0 Å². The number of aromatic nitrogens is 2. The van der Waals surface area contributed by atoms with Gasteiger partial charge in [0.1, 0.15) is 0 Å². The van der Waals surface area contributed by atoms with Crippen molar-refractivity contribution in [2.75, 3.05) is 0 Å². The number of thioether (sulfide) groups is 1. The van der Waals surface area contributed by atoms with Crippen molar-refractivity contribution in [2.45, 2.75) is 54.9 Å². The molecule has 0 saturated heterocycles. The molecule has 0 radical (unpaired) electrons. The van der Waals surface area contributed by atoms with E-state index in [0.717, 1.165) is 34.4 Å². The normalized spacial score (nSPS) is 34.0. The van der Waals surface area contributed by atoms with E-state index >= 15 is 0 Å². The van der Waals surface area contributed by atoms with Crippen LogP contribution < -0.4 is 0 Å². The quantitative estimate of drug-likeness (QED) is 0.676. The Morgan fingerprint density at radius 2 is 1.79 bits per heavy atom. The summed E-state index contributed by atoms with van der Waals surface area (Å²) < 4.78 is 6.13. The number of rotatable bonds is 4. The fraction of sp³-hybridized carbons (Fsp3) is 0.579. The van der Waals surface area contributed by atoms with Gasteiger partial charge in [0.2, 0.25) is 5.89 Å². The lowest BCUT2D eigenvalue weighted by Crippen LogP contribution is -2.48. The summed E-state index contributed by atoms with van der Waals surface area (Å²) in [5, 5.41) is 10.3. The van der Waals surface area contributed by atoms with E-state index in [2.05, 4.69) is 16.3 Å². The van der Waals surface area contributed by atoms with Crippen LogP contribution in [0.1, 0.15) is 50.0 Å². The third-order valence-electron chi connectivity index (χ3n) is 6.15. The maximum atomic E-state index is 6.13. The maximum Gasteiger partial charge on any atom is 0.276 e. The van der Waals surface area contributed by atoms with Gasteiger partial charge in [-0.25, -0.2) is 0 Å². The van der Waals surface area contributed by atoms with Gasteiger partial charge in [-0.2, -0.15) is 0 Å². The number of benzene rings is 1. The van der Waals surface area contributed by atoms with Crippen molar-refractivity contribution in [1.29, 1.82) is 0 Å². The van der Waals surface area contributed by atoms with Gasteiger partial charge in [0, 0.05) is 16.2 Å². The second kappa shape index (κ2) is 5.77. The van der Waals surface area contributed by atoms with Gasteiger partial charge in [0.15, 0.2) is 0 Å². The highest BCUT2D eigenvalue weighted by molar-refractivity contribution is 7.98. The van der Waals surface area contributed by atoms with Crippen LogP contribution in [-0.2, 0) is 11.2 Å². The highest BCUT2D eigenvalue weighted by Gasteiger charge is 2.54. The Morgan fingerprint density at radius 3 is 2.46 bits per heavy atom. The standard InChI is InChI=1S/C19H21ClN2OS/c20-16-3-1-2-12(7-16)11-24-18-22-21-17(23-18)19-8-13-4-14(9-19)6-15(5-13)10-19/h1-3,7,13-15H,4-6,8-11H2. The average Bonchev–Trinajstić information content (AvgIpc) is 3.02. The summed E-state index contributed by atoms with van der Waals surface area (Å²) in [6.45, 7) is 0. The van der Waals surface area contributed by atoms with Gasteiger partial charge < -0.3 is 4.42 Å². The first-order valence-electron chi connectivity index (χ1n) is 8.90. The Bertz CT molecular complexity index is 724. The molecule has 1 aromatic carbocycles. The predicted molar refractivity (Wildman–Crippen MR) is 95.2 cm³/mol. The highest BCUT2D eigenvalue weighted by Crippen LogP contribution is 2.60. The fourth-order valence-corrected chi connectivity index (χ4v) is 6.55. The van der Waals surface area contributed by atoms with Gasteiger partial charge >= 0.3 is 0 Å². The molecule has 0 spiro atoms. The molecule has 4 fully saturated rings. The van der Waals surface area contributed by atoms with Crippen molar-refractivity contribution < 1.29 is 4.42 Å². The number of nitrogens with zero attached hydrogens (tertiary/aromatic N) is 2. The van der Waals surface area contributed by atoms with Gasteiger partial charge in [-0.05, 0) is 74.0 Å². The van der Waals surface area contributed by atoms with Crippen molar-refractivity contribution >= 4 is 23.4 Å². The Hall–Kier alpha value is -1.00. The van der Waals surface area contributed by atoms with Crippen molar-refractivity contribution in [3.8, 4) is 0 Å². The summed E-state index contributed by atoms with van der Waals surface area (Å²) in [4.78, 5) is 0. The van der Waals surface area contributed by atoms with Crippen molar-refractivity contribution in [1.82, 2.24) is 10.2 Å². The Morgan fingerprint density at radius 1 is 1.08 bits per heavy atom. The smallest absolute Gasteiger partial charge is 0.276 e. The number of hydrogen-bond acceptors (Lipinski definition) is 4. The van der Waals surface area contributed by atoms with E-state index in [4.69, 9.17) is 16.0 Å². The molecule has 4 saturated carbocycles. The van der Waals surface area contributed by atoms with Gasteiger partial charge in [-0.1, -0.05) is 35.5 Å². The molecule has 0 atom stereocenters. The summed E-state index contributed by atoms with van der Waals surface area (Å²) in [6, 6.07) is 7.95. The zero-order chi connectivity index (χ0) is 16.1. The van der Waals surface area contributed by atoms with E-state index in [1.807, 2.05) is 18.2 Å². The minimum Gasteiger partial charge on any atom is -0.415 e. The van der Waals surface area contributed by atoms with E-state index in [9.17, 15) is 0 Å². The summed E-state index contributed by atoms with van der Waals surface area (Å²) in [5.74, 6) is 4.40. The molecule has 5 heteroatoms. The lowest BCUT2D eigenvalue weighted by Gasteiger charge is -2.55. The zero-order valence-electron chi connectivity index (χ0n) is 13.6.